The Hall–Kier alpha value is 0.590. The number of thiocarbonyl (C=S) groups is 1. The fraction of sp³-hybridized carbons (Fsp3) is 0.833. The summed E-state index contributed by atoms with van der Waals surface area (Å²) >= 11 is 8.37. The van der Waals surface area contributed by atoms with Gasteiger partial charge in [0.05, 0.1) is 7.11 Å². The van der Waals surface area contributed by atoms with Gasteiger partial charge in [-0.25, -0.2) is 0 Å². The smallest absolute Gasteiger partial charge is 0.219 e. The minimum absolute atomic E-state index is 0.650. The first-order chi connectivity index (χ1) is 4.81. The molecule has 0 aromatic heterocycles. The van der Waals surface area contributed by atoms with Crippen molar-refractivity contribution in [3.8, 4) is 0 Å². The van der Waals surface area contributed by atoms with Crippen LogP contribution in [0.4, 0.5) is 0 Å². The van der Waals surface area contributed by atoms with Crippen LogP contribution in [-0.2, 0) is 4.74 Å². The number of methoxy groups -OCH3 is 1. The SMILES string of the molecule is CCSCCSC(=S)OC. The first-order valence-electron chi connectivity index (χ1n) is 3.09. The molecular formula is C6H12OS3. The highest BCUT2D eigenvalue weighted by molar-refractivity contribution is 8.22. The van der Waals surface area contributed by atoms with E-state index in [0.717, 1.165) is 11.5 Å². The van der Waals surface area contributed by atoms with Crippen LogP contribution in [0.15, 0.2) is 0 Å². The molecule has 0 atom stereocenters. The lowest BCUT2D eigenvalue weighted by Gasteiger charge is -1.99. The van der Waals surface area contributed by atoms with Gasteiger partial charge in [0.25, 0.3) is 0 Å². The quantitative estimate of drug-likeness (QED) is 0.504. The van der Waals surface area contributed by atoms with Crippen LogP contribution < -0.4 is 0 Å². The largest absolute Gasteiger partial charge is 0.482 e. The van der Waals surface area contributed by atoms with Crippen LogP contribution >= 0.6 is 35.7 Å². The van der Waals surface area contributed by atoms with E-state index in [1.807, 2.05) is 11.8 Å². The van der Waals surface area contributed by atoms with E-state index < -0.39 is 0 Å². The molecule has 0 bridgehead atoms. The maximum atomic E-state index is 4.84. The summed E-state index contributed by atoms with van der Waals surface area (Å²) in [5.41, 5.74) is 0. The molecule has 0 aromatic carbocycles. The molecule has 0 fully saturated rings. The van der Waals surface area contributed by atoms with Gasteiger partial charge < -0.3 is 4.74 Å². The standard InChI is InChI=1S/C6H12OS3/c1-3-9-4-5-10-6(8)7-2/h3-5H2,1-2H3. The molecule has 0 heterocycles. The van der Waals surface area contributed by atoms with Gasteiger partial charge in [-0.3, -0.25) is 0 Å². The molecule has 4 heteroatoms. The van der Waals surface area contributed by atoms with Crippen LogP contribution in [-0.4, -0.2) is 28.8 Å². The van der Waals surface area contributed by atoms with Crippen LogP contribution in [0.5, 0.6) is 0 Å². The van der Waals surface area contributed by atoms with Crippen LogP contribution in [0.3, 0.4) is 0 Å². The van der Waals surface area contributed by atoms with Crippen molar-refractivity contribution < 1.29 is 4.74 Å². The maximum absolute atomic E-state index is 4.84. The highest BCUT2D eigenvalue weighted by Crippen LogP contribution is 2.08. The Labute approximate surface area is 76.3 Å². The predicted octanol–water partition coefficient (Wildman–Crippen LogP) is 2.40. The van der Waals surface area contributed by atoms with Crippen molar-refractivity contribution >= 4 is 40.1 Å². The lowest BCUT2D eigenvalue weighted by molar-refractivity contribution is 0.426. The molecule has 0 aromatic rings. The Bertz CT molecular complexity index is 95.0. The third kappa shape index (κ3) is 6.71. The molecule has 60 valence electrons. The van der Waals surface area contributed by atoms with Gasteiger partial charge in [0, 0.05) is 11.5 Å². The summed E-state index contributed by atoms with van der Waals surface area (Å²) in [5.74, 6) is 3.40. The molecule has 10 heavy (non-hydrogen) atoms. The third-order valence-electron chi connectivity index (χ3n) is 0.818. The monoisotopic (exact) mass is 196 g/mol. The molecule has 0 aliphatic carbocycles. The second kappa shape index (κ2) is 7.69. The molecule has 0 amide bonds. The Morgan fingerprint density at radius 3 is 2.70 bits per heavy atom. The summed E-state index contributed by atoms with van der Waals surface area (Å²) in [6.45, 7) is 2.16. The fourth-order valence-corrected chi connectivity index (χ4v) is 2.02. The molecule has 0 aliphatic rings. The summed E-state index contributed by atoms with van der Waals surface area (Å²) in [4.78, 5) is 0. The van der Waals surface area contributed by atoms with E-state index in [2.05, 4.69) is 6.92 Å². The van der Waals surface area contributed by atoms with Crippen molar-refractivity contribution in [2.75, 3.05) is 24.4 Å². The zero-order chi connectivity index (χ0) is 7.82. The molecule has 1 nitrogen and oxygen atoms in total. The zero-order valence-corrected chi connectivity index (χ0v) is 8.70. The van der Waals surface area contributed by atoms with Crippen molar-refractivity contribution in [1.82, 2.24) is 0 Å². The minimum Gasteiger partial charge on any atom is -0.482 e. The zero-order valence-electron chi connectivity index (χ0n) is 6.25. The van der Waals surface area contributed by atoms with Crippen LogP contribution in [0.1, 0.15) is 6.92 Å². The first kappa shape index (κ1) is 10.6. The second-order valence-electron chi connectivity index (χ2n) is 1.50. The predicted molar refractivity (Wildman–Crippen MR) is 55.1 cm³/mol. The summed E-state index contributed by atoms with van der Waals surface area (Å²) in [7, 11) is 1.61. The van der Waals surface area contributed by atoms with Crippen LogP contribution in [0, 0.1) is 0 Å². The topological polar surface area (TPSA) is 9.23 Å². The van der Waals surface area contributed by atoms with Gasteiger partial charge in [0.2, 0.25) is 4.38 Å². The summed E-state index contributed by atoms with van der Waals surface area (Å²) in [5, 5.41) is 0. The van der Waals surface area contributed by atoms with E-state index in [4.69, 9.17) is 17.0 Å². The van der Waals surface area contributed by atoms with Gasteiger partial charge in [-0.05, 0) is 18.0 Å². The number of ether oxygens (including phenoxy) is 1. The number of hydrogen-bond acceptors (Lipinski definition) is 4. The van der Waals surface area contributed by atoms with Gasteiger partial charge in [0.1, 0.15) is 0 Å². The molecule has 0 unspecified atom stereocenters. The van der Waals surface area contributed by atoms with Gasteiger partial charge in [-0.1, -0.05) is 18.7 Å². The first-order valence-corrected chi connectivity index (χ1v) is 5.64. The van der Waals surface area contributed by atoms with Gasteiger partial charge >= 0.3 is 0 Å². The minimum atomic E-state index is 0.650. The van der Waals surface area contributed by atoms with Crippen molar-refractivity contribution in [2.45, 2.75) is 6.92 Å². The second-order valence-corrected chi connectivity index (χ2v) is 4.59. The normalized spacial score (nSPS) is 9.40. The van der Waals surface area contributed by atoms with Crippen LogP contribution in [0.2, 0.25) is 0 Å². The highest BCUT2D eigenvalue weighted by Gasteiger charge is 1.93. The number of thioether (sulfide) groups is 2. The molecule has 0 saturated carbocycles. The van der Waals surface area contributed by atoms with E-state index in [9.17, 15) is 0 Å². The summed E-state index contributed by atoms with van der Waals surface area (Å²) < 4.78 is 5.47. The Kier molecular flexibility index (Phi) is 8.15. The Morgan fingerprint density at radius 2 is 2.20 bits per heavy atom. The van der Waals surface area contributed by atoms with E-state index in [1.54, 1.807) is 18.9 Å². The van der Waals surface area contributed by atoms with E-state index in [-0.39, 0.29) is 0 Å². The van der Waals surface area contributed by atoms with E-state index >= 15 is 0 Å². The number of hydrogen-bond donors (Lipinski definition) is 0. The molecule has 0 spiro atoms. The third-order valence-corrected chi connectivity index (χ3v) is 3.31. The fourth-order valence-electron chi connectivity index (χ4n) is 0.387. The molecule has 0 radical (unpaired) electrons. The molecule has 0 rings (SSSR count). The van der Waals surface area contributed by atoms with Crippen molar-refractivity contribution in [1.29, 1.82) is 0 Å². The van der Waals surface area contributed by atoms with Crippen molar-refractivity contribution in [3.63, 3.8) is 0 Å². The summed E-state index contributed by atoms with van der Waals surface area (Å²) in [6, 6.07) is 0. The van der Waals surface area contributed by atoms with Gasteiger partial charge in [0.15, 0.2) is 0 Å². The van der Waals surface area contributed by atoms with E-state index in [0.29, 0.717) is 4.38 Å². The average Bonchev–Trinajstić information content (AvgIpc) is 1.98. The Morgan fingerprint density at radius 1 is 1.50 bits per heavy atom. The van der Waals surface area contributed by atoms with E-state index in [1.165, 1.54) is 5.75 Å². The molecule has 0 aliphatic heterocycles. The van der Waals surface area contributed by atoms with Crippen molar-refractivity contribution in [3.05, 3.63) is 0 Å². The van der Waals surface area contributed by atoms with Gasteiger partial charge in [-0.15, -0.1) is 0 Å². The summed E-state index contributed by atoms with van der Waals surface area (Å²) in [6.07, 6.45) is 0. The average molecular weight is 196 g/mol. The Balaban J connectivity index is 2.96. The highest BCUT2D eigenvalue weighted by atomic mass is 32.2. The van der Waals surface area contributed by atoms with Gasteiger partial charge in [-0.2, -0.15) is 11.8 Å². The molecule has 0 N–H and O–H groups in total. The van der Waals surface area contributed by atoms with Crippen molar-refractivity contribution in [2.24, 2.45) is 0 Å². The molecule has 0 saturated heterocycles. The molecular weight excluding hydrogens is 184 g/mol. The maximum Gasteiger partial charge on any atom is 0.219 e. The lowest BCUT2D eigenvalue weighted by Crippen LogP contribution is -1.94. The number of rotatable bonds is 4. The lowest BCUT2D eigenvalue weighted by atomic mass is 10.9. The van der Waals surface area contributed by atoms with Crippen LogP contribution in [0.25, 0.3) is 0 Å².